The summed E-state index contributed by atoms with van der Waals surface area (Å²) in [5.74, 6) is 0.728. The Morgan fingerprint density at radius 2 is 1.70 bits per heavy atom. The fraction of sp³-hybridized carbons (Fsp3) is 0.933. The Kier molecular flexibility index (Phi) is 4.29. The Morgan fingerprint density at radius 3 is 2.30 bits per heavy atom. The van der Waals surface area contributed by atoms with Crippen LogP contribution in [0.2, 0.25) is 0 Å². The van der Waals surface area contributed by atoms with Gasteiger partial charge in [-0.25, -0.2) is 0 Å². The number of piperidine rings is 2. The van der Waals surface area contributed by atoms with Gasteiger partial charge >= 0.3 is 0 Å². The number of carbonyl (C=O) groups excluding carboxylic acids is 1. The summed E-state index contributed by atoms with van der Waals surface area (Å²) in [5, 5.41) is 0. The quantitative estimate of drug-likeness (QED) is 0.760. The zero-order valence-electron chi connectivity index (χ0n) is 12.5. The number of hydrogen-bond donors (Lipinski definition) is 0. The first-order chi connectivity index (χ1) is 9.67. The van der Waals surface area contributed by atoms with Gasteiger partial charge in [0.15, 0.2) is 5.79 Å². The molecule has 3 aliphatic rings. The highest BCUT2D eigenvalue weighted by Crippen LogP contribution is 2.31. The van der Waals surface area contributed by atoms with Crippen molar-refractivity contribution < 1.29 is 14.3 Å². The molecule has 0 aromatic rings. The van der Waals surface area contributed by atoms with Crippen LogP contribution in [0.25, 0.3) is 0 Å². The summed E-state index contributed by atoms with van der Waals surface area (Å²) in [6.45, 7) is 7.92. The fourth-order valence-electron chi connectivity index (χ4n) is 3.39. The predicted octanol–water partition coefficient (Wildman–Crippen LogP) is 1.08. The van der Waals surface area contributed by atoms with E-state index in [1.165, 1.54) is 0 Å². The molecule has 1 spiro atoms. The Labute approximate surface area is 121 Å². The average Bonchev–Trinajstić information content (AvgIpc) is 2.91. The summed E-state index contributed by atoms with van der Waals surface area (Å²) in [4.78, 5) is 16.6. The molecule has 0 aromatic heterocycles. The van der Waals surface area contributed by atoms with Gasteiger partial charge in [-0.15, -0.1) is 0 Å². The van der Waals surface area contributed by atoms with Crippen molar-refractivity contribution in [3.05, 3.63) is 0 Å². The number of hydrogen-bond acceptors (Lipinski definition) is 4. The molecule has 0 radical (unpaired) electrons. The molecule has 0 saturated carbocycles. The van der Waals surface area contributed by atoms with Gasteiger partial charge in [-0.2, -0.15) is 0 Å². The molecule has 5 heteroatoms. The molecule has 1 amide bonds. The molecular weight excluding hydrogens is 256 g/mol. The molecule has 3 fully saturated rings. The first kappa shape index (κ1) is 14.3. The lowest BCUT2D eigenvalue weighted by Gasteiger charge is -2.38. The molecule has 3 saturated heterocycles. The summed E-state index contributed by atoms with van der Waals surface area (Å²) in [6.07, 6.45) is 4.07. The predicted molar refractivity (Wildman–Crippen MR) is 75.3 cm³/mol. The van der Waals surface area contributed by atoms with E-state index in [-0.39, 0.29) is 5.79 Å². The average molecular weight is 282 g/mol. The van der Waals surface area contributed by atoms with Crippen LogP contribution in [0.1, 0.15) is 32.6 Å². The standard InChI is InChI=1S/C15H26N2O3/c1-13-2-6-17(7-3-13)14(18)12-16-8-4-15(5-9-16)19-10-11-20-15/h13H,2-12H2,1H3. The molecule has 5 nitrogen and oxygen atoms in total. The smallest absolute Gasteiger partial charge is 0.236 e. The lowest BCUT2D eigenvalue weighted by atomic mass is 9.99. The maximum absolute atomic E-state index is 12.3. The summed E-state index contributed by atoms with van der Waals surface area (Å²) in [6, 6.07) is 0. The molecule has 0 unspecified atom stereocenters. The molecule has 0 aromatic carbocycles. The Balaban J connectivity index is 1.43. The van der Waals surface area contributed by atoms with Crippen molar-refractivity contribution in [3.63, 3.8) is 0 Å². The van der Waals surface area contributed by atoms with Gasteiger partial charge in [0, 0.05) is 39.0 Å². The first-order valence-corrected chi connectivity index (χ1v) is 7.95. The van der Waals surface area contributed by atoms with Gasteiger partial charge in [0.25, 0.3) is 0 Å². The monoisotopic (exact) mass is 282 g/mol. The molecule has 0 bridgehead atoms. The lowest BCUT2D eigenvalue weighted by Crippen LogP contribution is -2.49. The van der Waals surface area contributed by atoms with E-state index in [0.717, 1.165) is 57.8 Å². The van der Waals surface area contributed by atoms with Gasteiger partial charge in [-0.05, 0) is 18.8 Å². The van der Waals surface area contributed by atoms with E-state index >= 15 is 0 Å². The fourth-order valence-corrected chi connectivity index (χ4v) is 3.39. The highest BCUT2D eigenvalue weighted by molar-refractivity contribution is 5.78. The van der Waals surface area contributed by atoms with E-state index < -0.39 is 0 Å². The van der Waals surface area contributed by atoms with Gasteiger partial charge in [0.05, 0.1) is 19.8 Å². The molecule has 3 aliphatic heterocycles. The normalized spacial score (nSPS) is 28.1. The molecule has 3 rings (SSSR count). The summed E-state index contributed by atoms with van der Waals surface area (Å²) in [5.41, 5.74) is 0. The molecule has 0 aliphatic carbocycles. The van der Waals surface area contributed by atoms with Gasteiger partial charge in [0.1, 0.15) is 0 Å². The SMILES string of the molecule is CC1CCN(C(=O)CN2CCC3(CC2)OCCO3)CC1. The lowest BCUT2D eigenvalue weighted by molar-refractivity contribution is -0.186. The van der Waals surface area contributed by atoms with Crippen LogP contribution in [-0.2, 0) is 14.3 Å². The van der Waals surface area contributed by atoms with Crippen LogP contribution in [0.5, 0.6) is 0 Å². The third kappa shape index (κ3) is 3.15. The minimum absolute atomic E-state index is 0.293. The van der Waals surface area contributed by atoms with E-state index in [1.807, 2.05) is 4.90 Å². The van der Waals surface area contributed by atoms with Crippen LogP contribution in [0.3, 0.4) is 0 Å². The van der Waals surface area contributed by atoms with E-state index in [4.69, 9.17) is 9.47 Å². The first-order valence-electron chi connectivity index (χ1n) is 7.95. The van der Waals surface area contributed by atoms with Gasteiger partial charge in [-0.3, -0.25) is 9.69 Å². The molecule has 3 heterocycles. The van der Waals surface area contributed by atoms with Crippen LogP contribution in [-0.4, -0.2) is 67.4 Å². The molecule has 0 N–H and O–H groups in total. The Morgan fingerprint density at radius 1 is 1.10 bits per heavy atom. The van der Waals surface area contributed by atoms with Crippen molar-refractivity contribution in [3.8, 4) is 0 Å². The maximum atomic E-state index is 12.3. The van der Waals surface area contributed by atoms with E-state index in [9.17, 15) is 4.79 Å². The van der Waals surface area contributed by atoms with Crippen molar-refractivity contribution in [2.75, 3.05) is 45.9 Å². The molecular formula is C15H26N2O3. The summed E-state index contributed by atoms with van der Waals surface area (Å²) >= 11 is 0. The number of likely N-dealkylation sites (tertiary alicyclic amines) is 2. The van der Waals surface area contributed by atoms with Crippen LogP contribution < -0.4 is 0 Å². The maximum Gasteiger partial charge on any atom is 0.236 e. The van der Waals surface area contributed by atoms with Crippen LogP contribution in [0, 0.1) is 5.92 Å². The highest BCUT2D eigenvalue weighted by atomic mass is 16.7. The minimum atomic E-state index is -0.333. The molecule has 114 valence electrons. The van der Waals surface area contributed by atoms with E-state index in [0.29, 0.717) is 25.7 Å². The van der Waals surface area contributed by atoms with Gasteiger partial charge < -0.3 is 14.4 Å². The second-order valence-corrected chi connectivity index (χ2v) is 6.45. The van der Waals surface area contributed by atoms with Crippen molar-refractivity contribution in [1.29, 1.82) is 0 Å². The Bertz CT molecular complexity index is 337. The third-order valence-electron chi connectivity index (χ3n) is 4.93. The number of ether oxygens (including phenoxy) is 2. The number of carbonyl (C=O) groups is 1. The molecule has 20 heavy (non-hydrogen) atoms. The van der Waals surface area contributed by atoms with Crippen molar-refractivity contribution in [2.45, 2.75) is 38.4 Å². The second kappa shape index (κ2) is 6.00. The minimum Gasteiger partial charge on any atom is -0.347 e. The van der Waals surface area contributed by atoms with Crippen LogP contribution in [0.4, 0.5) is 0 Å². The van der Waals surface area contributed by atoms with Crippen LogP contribution in [0.15, 0.2) is 0 Å². The Hall–Kier alpha value is -0.650. The second-order valence-electron chi connectivity index (χ2n) is 6.45. The zero-order valence-corrected chi connectivity index (χ0v) is 12.5. The van der Waals surface area contributed by atoms with E-state index in [2.05, 4.69) is 11.8 Å². The number of nitrogens with zero attached hydrogens (tertiary/aromatic N) is 2. The van der Waals surface area contributed by atoms with Crippen molar-refractivity contribution in [2.24, 2.45) is 5.92 Å². The molecule has 0 atom stereocenters. The number of rotatable bonds is 2. The van der Waals surface area contributed by atoms with Crippen molar-refractivity contribution in [1.82, 2.24) is 9.80 Å². The van der Waals surface area contributed by atoms with E-state index in [1.54, 1.807) is 0 Å². The largest absolute Gasteiger partial charge is 0.347 e. The third-order valence-corrected chi connectivity index (χ3v) is 4.93. The number of amides is 1. The zero-order chi connectivity index (χ0) is 14.0. The van der Waals surface area contributed by atoms with Gasteiger partial charge in [-0.1, -0.05) is 6.92 Å². The topological polar surface area (TPSA) is 42.0 Å². The van der Waals surface area contributed by atoms with Gasteiger partial charge in [0.2, 0.25) is 5.91 Å². The van der Waals surface area contributed by atoms with Crippen molar-refractivity contribution >= 4 is 5.91 Å². The summed E-state index contributed by atoms with van der Waals surface area (Å²) in [7, 11) is 0. The summed E-state index contributed by atoms with van der Waals surface area (Å²) < 4.78 is 11.4. The van der Waals surface area contributed by atoms with Crippen LogP contribution >= 0.6 is 0 Å². The highest BCUT2D eigenvalue weighted by Gasteiger charge is 2.40.